The highest BCUT2D eigenvalue weighted by molar-refractivity contribution is 7.14. The number of benzene rings is 2. The molecule has 6 nitrogen and oxygen atoms in total. The van der Waals surface area contributed by atoms with Crippen LogP contribution in [-0.2, 0) is 11.3 Å². The predicted molar refractivity (Wildman–Crippen MR) is 124 cm³/mol. The number of hydrogen-bond donors (Lipinski definition) is 2. The Bertz CT molecular complexity index is 1280. The van der Waals surface area contributed by atoms with Crippen molar-refractivity contribution >= 4 is 39.2 Å². The molecule has 2 aromatic heterocycles. The Balaban J connectivity index is 1.50. The summed E-state index contributed by atoms with van der Waals surface area (Å²) in [5, 5.41) is 9.05. The van der Waals surface area contributed by atoms with Crippen molar-refractivity contribution < 1.29 is 9.59 Å². The Hall–Kier alpha value is -3.58. The van der Waals surface area contributed by atoms with Gasteiger partial charge in [-0.2, -0.15) is 0 Å². The number of nitrogens with zero attached hydrogens (tertiary/aromatic N) is 2. The van der Waals surface area contributed by atoms with Crippen LogP contribution in [0, 0.1) is 13.8 Å². The van der Waals surface area contributed by atoms with Crippen LogP contribution in [0.15, 0.2) is 53.9 Å². The number of carbonyl (C=O) groups is 2. The summed E-state index contributed by atoms with van der Waals surface area (Å²) in [6, 6.07) is 15.7. The maximum absolute atomic E-state index is 12.9. The first-order valence-corrected chi connectivity index (χ1v) is 10.8. The van der Waals surface area contributed by atoms with Crippen LogP contribution in [0.2, 0.25) is 0 Å². The lowest BCUT2D eigenvalue weighted by Gasteiger charge is -2.08. The topological polar surface area (TPSA) is 84.0 Å². The number of thiazole rings is 1. The molecule has 0 aliphatic rings. The van der Waals surface area contributed by atoms with Crippen molar-refractivity contribution in [2.75, 3.05) is 5.32 Å². The van der Waals surface area contributed by atoms with Crippen LogP contribution in [-0.4, -0.2) is 21.8 Å². The molecule has 0 aliphatic heterocycles. The Labute approximate surface area is 184 Å². The first-order chi connectivity index (χ1) is 14.9. The number of amides is 2. The van der Waals surface area contributed by atoms with E-state index in [9.17, 15) is 9.59 Å². The molecule has 31 heavy (non-hydrogen) atoms. The van der Waals surface area contributed by atoms with Gasteiger partial charge >= 0.3 is 0 Å². The van der Waals surface area contributed by atoms with Gasteiger partial charge in [0.2, 0.25) is 5.91 Å². The Morgan fingerprint density at radius 2 is 1.77 bits per heavy atom. The van der Waals surface area contributed by atoms with Crippen molar-refractivity contribution in [1.82, 2.24) is 15.3 Å². The van der Waals surface area contributed by atoms with Gasteiger partial charge in [0.25, 0.3) is 5.91 Å². The lowest BCUT2D eigenvalue weighted by molar-refractivity contribution is -0.119. The van der Waals surface area contributed by atoms with E-state index in [0.29, 0.717) is 22.9 Å². The molecule has 0 saturated heterocycles. The minimum atomic E-state index is -0.222. The molecule has 2 aromatic carbocycles. The number of fused-ring (bicyclic) bond motifs is 1. The van der Waals surface area contributed by atoms with E-state index in [1.165, 1.54) is 18.3 Å². The van der Waals surface area contributed by atoms with Crippen LogP contribution in [0.1, 0.15) is 34.1 Å². The summed E-state index contributed by atoms with van der Waals surface area (Å²) >= 11 is 1.38. The van der Waals surface area contributed by atoms with Crippen molar-refractivity contribution in [2.24, 2.45) is 0 Å². The molecular formula is C24H22N4O2S. The maximum Gasteiger partial charge on any atom is 0.259 e. The van der Waals surface area contributed by atoms with Crippen molar-refractivity contribution in [3.05, 3.63) is 76.3 Å². The highest BCUT2D eigenvalue weighted by Gasteiger charge is 2.14. The quantitative estimate of drug-likeness (QED) is 0.473. The fourth-order valence-corrected chi connectivity index (χ4v) is 3.98. The smallest absolute Gasteiger partial charge is 0.259 e. The van der Waals surface area contributed by atoms with Gasteiger partial charge in [-0.1, -0.05) is 35.9 Å². The second-order valence-electron chi connectivity index (χ2n) is 7.42. The molecule has 0 bridgehead atoms. The van der Waals surface area contributed by atoms with E-state index >= 15 is 0 Å². The number of pyridine rings is 1. The van der Waals surface area contributed by atoms with E-state index in [1.54, 1.807) is 0 Å². The molecule has 156 valence electrons. The summed E-state index contributed by atoms with van der Waals surface area (Å²) in [5.74, 6) is -0.282. The molecule has 4 rings (SSSR count). The van der Waals surface area contributed by atoms with Crippen LogP contribution in [0.25, 0.3) is 22.2 Å². The SMILES string of the molecule is CC(=O)NCc1ccc(-c2csc(NC(=O)c3cc4cc(C)ccc4nc3C)n2)cc1. The van der Waals surface area contributed by atoms with E-state index in [0.717, 1.165) is 33.3 Å². The summed E-state index contributed by atoms with van der Waals surface area (Å²) in [7, 11) is 0. The minimum absolute atomic E-state index is 0.0593. The van der Waals surface area contributed by atoms with Gasteiger partial charge in [-0.3, -0.25) is 19.9 Å². The number of anilines is 1. The van der Waals surface area contributed by atoms with Gasteiger partial charge in [0, 0.05) is 29.8 Å². The number of aromatic nitrogens is 2. The molecule has 0 fully saturated rings. The summed E-state index contributed by atoms with van der Waals surface area (Å²) < 4.78 is 0. The van der Waals surface area contributed by atoms with Crippen molar-refractivity contribution in [3.63, 3.8) is 0 Å². The van der Waals surface area contributed by atoms with Crippen LogP contribution < -0.4 is 10.6 Å². The molecule has 7 heteroatoms. The molecule has 0 saturated carbocycles. The molecular weight excluding hydrogens is 408 g/mol. The molecule has 0 unspecified atom stereocenters. The summed E-state index contributed by atoms with van der Waals surface area (Å²) in [6.45, 7) is 5.84. The van der Waals surface area contributed by atoms with Gasteiger partial charge in [0.15, 0.2) is 5.13 Å². The van der Waals surface area contributed by atoms with Crippen molar-refractivity contribution in [2.45, 2.75) is 27.3 Å². The van der Waals surface area contributed by atoms with E-state index < -0.39 is 0 Å². The largest absolute Gasteiger partial charge is 0.352 e. The van der Waals surface area contributed by atoms with E-state index in [1.807, 2.05) is 67.8 Å². The number of aryl methyl sites for hydroxylation is 2. The predicted octanol–water partition coefficient (Wildman–Crippen LogP) is 4.86. The second-order valence-corrected chi connectivity index (χ2v) is 8.27. The molecule has 4 aromatic rings. The first-order valence-electron chi connectivity index (χ1n) is 9.88. The molecule has 2 N–H and O–H groups in total. The van der Waals surface area contributed by atoms with Crippen LogP contribution >= 0.6 is 11.3 Å². The zero-order chi connectivity index (χ0) is 22.0. The fourth-order valence-electron chi connectivity index (χ4n) is 3.27. The average molecular weight is 431 g/mol. The highest BCUT2D eigenvalue weighted by atomic mass is 32.1. The molecule has 2 amide bonds. The Kier molecular flexibility index (Phi) is 5.77. The fraction of sp³-hybridized carbons (Fsp3) is 0.167. The Morgan fingerprint density at radius 3 is 2.52 bits per heavy atom. The lowest BCUT2D eigenvalue weighted by atomic mass is 10.1. The molecule has 0 atom stereocenters. The van der Waals surface area contributed by atoms with Crippen LogP contribution in [0.4, 0.5) is 5.13 Å². The highest BCUT2D eigenvalue weighted by Crippen LogP contribution is 2.26. The third kappa shape index (κ3) is 4.78. The molecule has 0 spiro atoms. The van der Waals surface area contributed by atoms with Crippen molar-refractivity contribution in [1.29, 1.82) is 0 Å². The molecule has 2 heterocycles. The maximum atomic E-state index is 12.9. The molecule has 0 aliphatic carbocycles. The van der Waals surface area contributed by atoms with E-state index in [-0.39, 0.29) is 11.8 Å². The summed E-state index contributed by atoms with van der Waals surface area (Å²) in [4.78, 5) is 33.0. The van der Waals surface area contributed by atoms with Crippen LogP contribution in [0.3, 0.4) is 0 Å². The normalized spacial score (nSPS) is 10.8. The number of carbonyl (C=O) groups excluding carboxylic acids is 2. The first kappa shape index (κ1) is 20.7. The standard InChI is InChI=1S/C24H22N4O2S/c1-14-4-9-21-19(10-14)11-20(15(2)26-21)23(30)28-24-27-22(13-31-24)18-7-5-17(6-8-18)12-25-16(3)29/h4-11,13H,12H2,1-3H3,(H,25,29)(H,27,28,30). The number of nitrogens with one attached hydrogen (secondary N) is 2. The van der Waals surface area contributed by atoms with Crippen molar-refractivity contribution in [3.8, 4) is 11.3 Å². The molecule has 0 radical (unpaired) electrons. The average Bonchev–Trinajstić information content (AvgIpc) is 3.20. The zero-order valence-corrected chi connectivity index (χ0v) is 18.3. The summed E-state index contributed by atoms with van der Waals surface area (Å²) in [6.07, 6.45) is 0. The third-order valence-corrected chi connectivity index (χ3v) is 5.68. The second kappa shape index (κ2) is 8.65. The number of hydrogen-bond acceptors (Lipinski definition) is 5. The third-order valence-electron chi connectivity index (χ3n) is 4.92. The van der Waals surface area contributed by atoms with Gasteiger partial charge in [0.05, 0.1) is 22.5 Å². The van der Waals surface area contributed by atoms with E-state index in [4.69, 9.17) is 0 Å². The van der Waals surface area contributed by atoms with Gasteiger partial charge in [-0.25, -0.2) is 4.98 Å². The monoisotopic (exact) mass is 430 g/mol. The van der Waals surface area contributed by atoms with Gasteiger partial charge in [0.1, 0.15) is 0 Å². The van der Waals surface area contributed by atoms with Gasteiger partial charge in [-0.15, -0.1) is 11.3 Å². The van der Waals surface area contributed by atoms with Crippen LogP contribution in [0.5, 0.6) is 0 Å². The Morgan fingerprint density at radius 1 is 1.00 bits per heavy atom. The van der Waals surface area contributed by atoms with Gasteiger partial charge in [-0.05, 0) is 37.6 Å². The lowest BCUT2D eigenvalue weighted by Crippen LogP contribution is -2.18. The van der Waals surface area contributed by atoms with Gasteiger partial charge < -0.3 is 5.32 Å². The minimum Gasteiger partial charge on any atom is -0.352 e. The number of rotatable bonds is 5. The summed E-state index contributed by atoms with van der Waals surface area (Å²) in [5.41, 5.74) is 5.96. The zero-order valence-electron chi connectivity index (χ0n) is 17.5. The van der Waals surface area contributed by atoms with E-state index in [2.05, 4.69) is 20.6 Å².